The highest BCUT2D eigenvalue weighted by Crippen LogP contribution is 2.24. The molecule has 3 heteroatoms. The second-order valence-electron chi connectivity index (χ2n) is 7.46. The van der Waals surface area contributed by atoms with Crippen LogP contribution in [0.25, 0.3) is 0 Å². The average molecular weight is 319 g/mol. The third kappa shape index (κ3) is 4.95. The van der Waals surface area contributed by atoms with E-state index in [0.29, 0.717) is 31.2 Å². The molecule has 0 spiro atoms. The van der Waals surface area contributed by atoms with E-state index >= 15 is 0 Å². The number of hydrogen-bond donors (Lipinski definition) is 1. The van der Waals surface area contributed by atoms with Gasteiger partial charge in [0.2, 0.25) is 0 Å². The lowest BCUT2D eigenvalue weighted by molar-refractivity contribution is 0.0209. The van der Waals surface area contributed by atoms with Crippen LogP contribution in [0, 0.1) is 6.92 Å². The van der Waals surface area contributed by atoms with Crippen LogP contribution in [-0.2, 0) is 0 Å². The minimum absolute atomic E-state index is 0.358. The zero-order valence-electron chi connectivity index (χ0n) is 15.4. The van der Waals surface area contributed by atoms with Crippen LogP contribution in [-0.4, -0.2) is 41.3 Å². The monoisotopic (exact) mass is 319 g/mol. The summed E-state index contributed by atoms with van der Waals surface area (Å²) in [5, 5.41) is 10.3. The first-order valence-electron chi connectivity index (χ1n) is 9.05. The molecule has 0 amide bonds. The quantitative estimate of drug-likeness (QED) is 0.856. The molecule has 23 heavy (non-hydrogen) atoms. The van der Waals surface area contributed by atoms with Crippen molar-refractivity contribution in [3.8, 4) is 5.75 Å². The van der Waals surface area contributed by atoms with Crippen molar-refractivity contribution >= 4 is 0 Å². The first-order chi connectivity index (χ1) is 10.9. The summed E-state index contributed by atoms with van der Waals surface area (Å²) in [5.41, 5.74) is 2.61. The molecule has 3 atom stereocenters. The molecule has 1 aliphatic rings. The van der Waals surface area contributed by atoms with Gasteiger partial charge in [-0.1, -0.05) is 26.3 Å². The van der Waals surface area contributed by atoms with Gasteiger partial charge in [-0.15, -0.1) is 0 Å². The van der Waals surface area contributed by atoms with Crippen LogP contribution < -0.4 is 4.74 Å². The van der Waals surface area contributed by atoms with Crippen molar-refractivity contribution in [2.24, 2.45) is 0 Å². The van der Waals surface area contributed by atoms with Gasteiger partial charge in [0.05, 0.1) is 0 Å². The van der Waals surface area contributed by atoms with Crippen LogP contribution in [0.3, 0.4) is 0 Å². The fraction of sp³-hybridized carbons (Fsp3) is 0.700. The third-order valence-corrected chi connectivity index (χ3v) is 5.10. The van der Waals surface area contributed by atoms with Gasteiger partial charge in [-0.2, -0.15) is 0 Å². The number of benzene rings is 1. The molecule has 1 saturated heterocycles. The van der Waals surface area contributed by atoms with Crippen LogP contribution in [0.4, 0.5) is 0 Å². The highest BCUT2D eigenvalue weighted by molar-refractivity contribution is 5.36. The van der Waals surface area contributed by atoms with Gasteiger partial charge in [-0.3, -0.25) is 4.90 Å². The summed E-state index contributed by atoms with van der Waals surface area (Å²) in [6.45, 7) is 12.1. The predicted molar refractivity (Wildman–Crippen MR) is 96.3 cm³/mol. The Hall–Kier alpha value is -1.06. The van der Waals surface area contributed by atoms with Gasteiger partial charge in [-0.25, -0.2) is 0 Å². The van der Waals surface area contributed by atoms with Gasteiger partial charge in [0.15, 0.2) is 0 Å². The first kappa shape index (κ1) is 18.3. The Labute approximate surface area is 141 Å². The molecule has 0 aromatic heterocycles. The summed E-state index contributed by atoms with van der Waals surface area (Å²) >= 11 is 0. The van der Waals surface area contributed by atoms with Gasteiger partial charge in [-0.05, 0) is 62.8 Å². The molecule has 2 rings (SSSR count). The molecule has 1 fully saturated rings. The maximum absolute atomic E-state index is 10.3. The highest BCUT2D eigenvalue weighted by Gasteiger charge is 2.26. The van der Waals surface area contributed by atoms with Crippen LogP contribution in [0.5, 0.6) is 5.75 Å². The van der Waals surface area contributed by atoms with E-state index in [1.54, 1.807) is 0 Å². The number of aliphatic hydroxyl groups is 1. The molecule has 1 aromatic rings. The van der Waals surface area contributed by atoms with Crippen LogP contribution in [0.2, 0.25) is 0 Å². The second kappa shape index (κ2) is 8.16. The molecule has 1 aliphatic heterocycles. The number of nitrogens with zero attached hydrogens (tertiary/aromatic N) is 1. The first-order valence-corrected chi connectivity index (χ1v) is 9.05. The second-order valence-corrected chi connectivity index (χ2v) is 7.46. The summed E-state index contributed by atoms with van der Waals surface area (Å²) in [5.74, 6) is 1.38. The van der Waals surface area contributed by atoms with Gasteiger partial charge in [0, 0.05) is 18.6 Å². The smallest absolute Gasteiger partial charge is 0.119 e. The van der Waals surface area contributed by atoms with Gasteiger partial charge < -0.3 is 9.84 Å². The highest BCUT2D eigenvalue weighted by atomic mass is 16.5. The molecule has 130 valence electrons. The van der Waals surface area contributed by atoms with Crippen molar-refractivity contribution in [2.75, 3.05) is 13.2 Å². The number of piperidine rings is 1. The van der Waals surface area contributed by atoms with E-state index in [1.807, 2.05) is 6.07 Å². The molecule has 1 heterocycles. The number of hydrogen-bond acceptors (Lipinski definition) is 3. The van der Waals surface area contributed by atoms with E-state index in [-0.39, 0.29) is 0 Å². The summed E-state index contributed by atoms with van der Waals surface area (Å²) < 4.78 is 5.82. The number of ether oxygens (including phenoxy) is 1. The van der Waals surface area contributed by atoms with Crippen molar-refractivity contribution in [1.82, 2.24) is 4.90 Å². The van der Waals surface area contributed by atoms with E-state index in [1.165, 1.54) is 30.4 Å². The Kier molecular flexibility index (Phi) is 6.49. The minimum atomic E-state index is -0.442. The maximum atomic E-state index is 10.3. The van der Waals surface area contributed by atoms with Crippen molar-refractivity contribution in [1.29, 1.82) is 0 Å². The van der Waals surface area contributed by atoms with E-state index in [0.717, 1.165) is 5.75 Å². The largest absolute Gasteiger partial charge is 0.491 e. The van der Waals surface area contributed by atoms with E-state index in [4.69, 9.17) is 4.74 Å². The average Bonchev–Trinajstić information content (AvgIpc) is 2.49. The normalized spacial score (nSPS) is 24.0. The van der Waals surface area contributed by atoms with Crippen LogP contribution in [0.15, 0.2) is 18.2 Å². The fourth-order valence-corrected chi connectivity index (χ4v) is 3.71. The zero-order valence-corrected chi connectivity index (χ0v) is 15.4. The van der Waals surface area contributed by atoms with E-state index in [9.17, 15) is 5.11 Å². The van der Waals surface area contributed by atoms with Crippen LogP contribution >= 0.6 is 0 Å². The summed E-state index contributed by atoms with van der Waals surface area (Å²) in [7, 11) is 0. The molecule has 0 unspecified atom stereocenters. The van der Waals surface area contributed by atoms with Gasteiger partial charge in [0.1, 0.15) is 18.5 Å². The molecule has 0 bridgehead atoms. The molecule has 0 radical (unpaired) electrons. The number of aryl methyl sites for hydroxylation is 1. The van der Waals surface area contributed by atoms with Crippen molar-refractivity contribution in [3.05, 3.63) is 29.3 Å². The SMILES string of the molecule is Cc1cc(OC[C@H](O)CN2[C@H](C)CCC[C@H]2C)ccc1C(C)C. The number of rotatable bonds is 6. The Morgan fingerprint density at radius 2 is 1.87 bits per heavy atom. The molecule has 0 aliphatic carbocycles. The third-order valence-electron chi connectivity index (χ3n) is 5.10. The molecule has 3 nitrogen and oxygen atoms in total. The van der Waals surface area contributed by atoms with Crippen molar-refractivity contribution in [2.45, 2.75) is 78.0 Å². The molecular formula is C20H33NO2. The van der Waals surface area contributed by atoms with Gasteiger partial charge in [0.25, 0.3) is 0 Å². The van der Waals surface area contributed by atoms with E-state index < -0.39 is 6.10 Å². The van der Waals surface area contributed by atoms with Crippen LogP contribution in [0.1, 0.15) is 64.0 Å². The number of β-amino-alcohol motifs (C(OH)–C–C–N with tert-alkyl or cyclic N) is 1. The molecule has 1 aromatic carbocycles. The van der Waals surface area contributed by atoms with Crippen molar-refractivity contribution in [3.63, 3.8) is 0 Å². The lowest BCUT2D eigenvalue weighted by Crippen LogP contribution is -2.48. The zero-order chi connectivity index (χ0) is 17.0. The minimum Gasteiger partial charge on any atom is -0.491 e. The van der Waals surface area contributed by atoms with E-state index in [2.05, 4.69) is 51.7 Å². The number of likely N-dealkylation sites (tertiary alicyclic amines) is 1. The lowest BCUT2D eigenvalue weighted by atomic mass is 9.97. The Morgan fingerprint density at radius 1 is 1.22 bits per heavy atom. The fourth-order valence-electron chi connectivity index (χ4n) is 3.71. The standard InChI is InChI=1S/C20H33NO2/c1-14(2)20-10-9-19(11-15(20)3)23-13-18(22)12-21-16(4)7-6-8-17(21)5/h9-11,14,16-18,22H,6-8,12-13H2,1-5H3/t16-,17-,18-/m1/s1. The number of aliphatic hydroxyl groups excluding tert-OH is 1. The van der Waals surface area contributed by atoms with Gasteiger partial charge >= 0.3 is 0 Å². The van der Waals surface area contributed by atoms with Crippen molar-refractivity contribution < 1.29 is 9.84 Å². The summed E-state index contributed by atoms with van der Waals surface area (Å²) in [6.07, 6.45) is 3.32. The molecule has 1 N–H and O–H groups in total. The Morgan fingerprint density at radius 3 is 2.43 bits per heavy atom. The maximum Gasteiger partial charge on any atom is 0.119 e. The predicted octanol–water partition coefficient (Wildman–Crippen LogP) is 4.12. The Balaban J connectivity index is 1.86. The molecular weight excluding hydrogens is 286 g/mol. The lowest BCUT2D eigenvalue weighted by Gasteiger charge is -2.40. The topological polar surface area (TPSA) is 32.7 Å². The summed E-state index contributed by atoms with van der Waals surface area (Å²) in [6, 6.07) is 7.34. The molecule has 0 saturated carbocycles. The summed E-state index contributed by atoms with van der Waals surface area (Å²) in [4.78, 5) is 2.42. The Bertz CT molecular complexity index is 490.